The third kappa shape index (κ3) is 2.72. The maximum Gasteiger partial charge on any atom is 0.321 e. The van der Waals surface area contributed by atoms with Gasteiger partial charge in [-0.2, -0.15) is 0 Å². The second kappa shape index (κ2) is 5.71. The highest BCUT2D eigenvalue weighted by Gasteiger charge is 2.34. The van der Waals surface area contributed by atoms with Crippen LogP contribution >= 0.6 is 0 Å². The van der Waals surface area contributed by atoms with Gasteiger partial charge in [-0.25, -0.2) is 4.79 Å². The molecule has 2 heterocycles. The molecule has 2 unspecified atom stereocenters. The van der Waals surface area contributed by atoms with E-state index in [4.69, 9.17) is 4.74 Å². The Morgan fingerprint density at radius 3 is 3.20 bits per heavy atom. The molecule has 1 aromatic rings. The SMILES string of the molecule is COc1cccc(NC(=O)N2CCC3NCCC3C2)c1. The second-order valence-electron chi connectivity index (χ2n) is 5.51. The van der Waals surface area contributed by atoms with E-state index in [1.165, 1.54) is 6.42 Å². The molecule has 2 aliphatic heterocycles. The lowest BCUT2D eigenvalue weighted by atomic mass is 9.94. The number of urea groups is 1. The number of carbonyl (C=O) groups is 1. The zero-order valence-electron chi connectivity index (χ0n) is 11.8. The Kier molecular flexibility index (Phi) is 3.78. The maximum atomic E-state index is 12.3. The molecule has 108 valence electrons. The van der Waals surface area contributed by atoms with Crippen molar-refractivity contribution in [3.8, 4) is 5.75 Å². The molecule has 5 heteroatoms. The van der Waals surface area contributed by atoms with Gasteiger partial charge in [-0.3, -0.25) is 0 Å². The van der Waals surface area contributed by atoms with E-state index in [1.807, 2.05) is 29.2 Å². The number of hydrogen-bond donors (Lipinski definition) is 2. The van der Waals surface area contributed by atoms with Gasteiger partial charge >= 0.3 is 6.03 Å². The molecular formula is C15H21N3O2. The van der Waals surface area contributed by atoms with E-state index in [-0.39, 0.29) is 6.03 Å². The van der Waals surface area contributed by atoms with Crippen molar-refractivity contribution in [2.45, 2.75) is 18.9 Å². The number of rotatable bonds is 2. The van der Waals surface area contributed by atoms with Crippen molar-refractivity contribution < 1.29 is 9.53 Å². The van der Waals surface area contributed by atoms with E-state index in [1.54, 1.807) is 7.11 Å². The molecule has 0 saturated carbocycles. The first-order valence-electron chi connectivity index (χ1n) is 7.19. The predicted octanol–water partition coefficient (Wildman–Crippen LogP) is 1.91. The van der Waals surface area contributed by atoms with Crippen molar-refractivity contribution in [1.82, 2.24) is 10.2 Å². The number of likely N-dealkylation sites (tertiary alicyclic amines) is 1. The normalized spacial score (nSPS) is 25.1. The van der Waals surface area contributed by atoms with Gasteiger partial charge < -0.3 is 20.3 Å². The van der Waals surface area contributed by atoms with Crippen LogP contribution in [0.3, 0.4) is 0 Å². The fourth-order valence-electron chi connectivity index (χ4n) is 3.14. The zero-order valence-corrected chi connectivity index (χ0v) is 11.8. The van der Waals surface area contributed by atoms with E-state index in [0.717, 1.165) is 37.5 Å². The molecule has 2 aliphatic rings. The number of benzene rings is 1. The minimum atomic E-state index is -0.0106. The van der Waals surface area contributed by atoms with E-state index >= 15 is 0 Å². The lowest BCUT2D eigenvalue weighted by Gasteiger charge is -2.34. The highest BCUT2D eigenvalue weighted by atomic mass is 16.5. The van der Waals surface area contributed by atoms with E-state index in [2.05, 4.69) is 10.6 Å². The van der Waals surface area contributed by atoms with Crippen LogP contribution in [0.25, 0.3) is 0 Å². The van der Waals surface area contributed by atoms with Crippen LogP contribution in [0.15, 0.2) is 24.3 Å². The number of fused-ring (bicyclic) bond motifs is 1. The van der Waals surface area contributed by atoms with Crippen LogP contribution in [0.4, 0.5) is 10.5 Å². The molecular weight excluding hydrogens is 254 g/mol. The quantitative estimate of drug-likeness (QED) is 0.867. The summed E-state index contributed by atoms with van der Waals surface area (Å²) < 4.78 is 5.17. The Bertz CT molecular complexity index is 492. The molecule has 0 radical (unpaired) electrons. The van der Waals surface area contributed by atoms with Crippen molar-refractivity contribution in [3.63, 3.8) is 0 Å². The number of carbonyl (C=O) groups excluding carboxylic acids is 1. The lowest BCUT2D eigenvalue weighted by molar-refractivity contribution is 0.170. The van der Waals surface area contributed by atoms with Gasteiger partial charge in [0.25, 0.3) is 0 Å². The monoisotopic (exact) mass is 275 g/mol. The molecule has 2 saturated heterocycles. The van der Waals surface area contributed by atoms with Gasteiger partial charge in [-0.15, -0.1) is 0 Å². The van der Waals surface area contributed by atoms with Gasteiger partial charge in [0.05, 0.1) is 7.11 Å². The Hall–Kier alpha value is -1.75. The molecule has 20 heavy (non-hydrogen) atoms. The minimum absolute atomic E-state index is 0.0106. The van der Waals surface area contributed by atoms with Crippen LogP contribution in [0.2, 0.25) is 0 Å². The van der Waals surface area contributed by atoms with Crippen molar-refractivity contribution in [2.75, 3.05) is 32.1 Å². The second-order valence-corrected chi connectivity index (χ2v) is 5.51. The first-order chi connectivity index (χ1) is 9.76. The van der Waals surface area contributed by atoms with Gasteiger partial charge in [-0.05, 0) is 37.4 Å². The fourth-order valence-corrected chi connectivity index (χ4v) is 3.14. The number of methoxy groups -OCH3 is 1. The number of nitrogens with zero attached hydrogens (tertiary/aromatic N) is 1. The van der Waals surface area contributed by atoms with E-state index < -0.39 is 0 Å². The molecule has 0 aliphatic carbocycles. The Labute approximate surface area is 119 Å². The van der Waals surface area contributed by atoms with Crippen LogP contribution in [0.1, 0.15) is 12.8 Å². The fraction of sp³-hybridized carbons (Fsp3) is 0.533. The van der Waals surface area contributed by atoms with E-state index in [9.17, 15) is 4.79 Å². The molecule has 2 fully saturated rings. The van der Waals surface area contributed by atoms with Crippen molar-refractivity contribution in [1.29, 1.82) is 0 Å². The average molecular weight is 275 g/mol. The largest absolute Gasteiger partial charge is 0.497 e. The van der Waals surface area contributed by atoms with Gasteiger partial charge in [0.15, 0.2) is 0 Å². The predicted molar refractivity (Wildman–Crippen MR) is 78.1 cm³/mol. The molecule has 1 aromatic carbocycles. The third-order valence-corrected chi connectivity index (χ3v) is 4.26. The van der Waals surface area contributed by atoms with Crippen LogP contribution in [0.5, 0.6) is 5.75 Å². The van der Waals surface area contributed by atoms with Gasteiger partial charge in [-0.1, -0.05) is 6.07 Å². The number of nitrogens with one attached hydrogen (secondary N) is 2. The smallest absolute Gasteiger partial charge is 0.321 e. The van der Waals surface area contributed by atoms with Crippen LogP contribution in [-0.4, -0.2) is 43.7 Å². The number of hydrogen-bond acceptors (Lipinski definition) is 3. The Morgan fingerprint density at radius 1 is 1.45 bits per heavy atom. The van der Waals surface area contributed by atoms with Crippen LogP contribution in [-0.2, 0) is 0 Å². The highest BCUT2D eigenvalue weighted by Crippen LogP contribution is 2.25. The summed E-state index contributed by atoms with van der Waals surface area (Å²) in [6.45, 7) is 2.76. The van der Waals surface area contributed by atoms with Gasteiger partial charge in [0.2, 0.25) is 0 Å². The molecule has 0 spiro atoms. The molecule has 2 amide bonds. The van der Waals surface area contributed by atoms with E-state index in [0.29, 0.717) is 12.0 Å². The van der Waals surface area contributed by atoms with Crippen molar-refractivity contribution in [2.24, 2.45) is 5.92 Å². The molecule has 3 rings (SSSR count). The molecule has 5 nitrogen and oxygen atoms in total. The summed E-state index contributed by atoms with van der Waals surface area (Å²) in [5, 5.41) is 6.46. The first-order valence-corrected chi connectivity index (χ1v) is 7.19. The topological polar surface area (TPSA) is 53.6 Å². The number of amides is 2. The maximum absolute atomic E-state index is 12.3. The summed E-state index contributed by atoms with van der Waals surface area (Å²) in [4.78, 5) is 14.2. The summed E-state index contributed by atoms with van der Waals surface area (Å²) in [5.41, 5.74) is 0.779. The standard InChI is InChI=1S/C15H21N3O2/c1-20-13-4-2-3-12(9-13)17-15(19)18-8-6-14-11(10-18)5-7-16-14/h2-4,9,11,14,16H,5-8,10H2,1H3,(H,17,19). The van der Waals surface area contributed by atoms with Gasteiger partial charge in [0, 0.05) is 30.9 Å². The first kappa shape index (κ1) is 13.2. The molecule has 0 aromatic heterocycles. The number of anilines is 1. The zero-order chi connectivity index (χ0) is 13.9. The van der Waals surface area contributed by atoms with Crippen LogP contribution in [0, 0.1) is 5.92 Å². The van der Waals surface area contributed by atoms with Crippen molar-refractivity contribution >= 4 is 11.7 Å². The summed E-state index contributed by atoms with van der Waals surface area (Å²) in [6.07, 6.45) is 2.23. The highest BCUT2D eigenvalue weighted by molar-refractivity contribution is 5.89. The minimum Gasteiger partial charge on any atom is -0.497 e. The molecule has 2 atom stereocenters. The third-order valence-electron chi connectivity index (χ3n) is 4.26. The average Bonchev–Trinajstić information content (AvgIpc) is 2.94. The van der Waals surface area contributed by atoms with Crippen LogP contribution < -0.4 is 15.4 Å². The summed E-state index contributed by atoms with van der Waals surface area (Å²) in [7, 11) is 1.62. The Balaban J connectivity index is 1.61. The summed E-state index contributed by atoms with van der Waals surface area (Å²) in [5.74, 6) is 1.36. The van der Waals surface area contributed by atoms with Gasteiger partial charge in [0.1, 0.15) is 5.75 Å². The molecule has 2 N–H and O–H groups in total. The lowest BCUT2D eigenvalue weighted by Crippen LogP contribution is -2.48. The Morgan fingerprint density at radius 2 is 2.35 bits per heavy atom. The molecule has 0 bridgehead atoms. The summed E-state index contributed by atoms with van der Waals surface area (Å²) >= 11 is 0. The summed E-state index contributed by atoms with van der Waals surface area (Å²) in [6, 6.07) is 8.05. The van der Waals surface area contributed by atoms with Crippen molar-refractivity contribution in [3.05, 3.63) is 24.3 Å². The number of ether oxygens (including phenoxy) is 1. The number of piperidine rings is 1.